The zero-order chi connectivity index (χ0) is 17.1. The van der Waals surface area contributed by atoms with Gasteiger partial charge < -0.3 is 14.4 Å². The van der Waals surface area contributed by atoms with Crippen molar-refractivity contribution in [3.8, 4) is 0 Å². The minimum absolute atomic E-state index is 0.341. The summed E-state index contributed by atoms with van der Waals surface area (Å²) in [5.74, 6) is 1.96. The van der Waals surface area contributed by atoms with Gasteiger partial charge in [0, 0.05) is 50.6 Å². The summed E-state index contributed by atoms with van der Waals surface area (Å²) in [5, 5.41) is 7.31. The zero-order valence-electron chi connectivity index (χ0n) is 14.8. The molecule has 0 aromatic carbocycles. The van der Waals surface area contributed by atoms with Gasteiger partial charge in [0.25, 0.3) is 0 Å². The van der Waals surface area contributed by atoms with Crippen LogP contribution in [0.1, 0.15) is 40.8 Å². The smallest absolute Gasteiger partial charge is 0.156 e. The lowest BCUT2D eigenvalue weighted by Crippen LogP contribution is -2.20. The Morgan fingerprint density at radius 2 is 2.21 bits per heavy atom. The fourth-order valence-corrected chi connectivity index (χ4v) is 2.99. The first-order valence-electron chi connectivity index (χ1n) is 8.24. The second-order valence-electron chi connectivity index (χ2n) is 6.33. The highest BCUT2D eigenvalue weighted by atomic mass is 16.5. The van der Waals surface area contributed by atoms with Crippen molar-refractivity contribution >= 4 is 5.82 Å². The summed E-state index contributed by atoms with van der Waals surface area (Å²) < 4.78 is 10.7. The summed E-state index contributed by atoms with van der Waals surface area (Å²) in [6, 6.07) is 2.07. The van der Waals surface area contributed by atoms with E-state index in [9.17, 15) is 0 Å². The van der Waals surface area contributed by atoms with Crippen LogP contribution in [-0.2, 0) is 22.6 Å². The van der Waals surface area contributed by atoms with Crippen molar-refractivity contribution in [2.45, 2.75) is 39.3 Å². The normalized spacial score (nSPS) is 17.4. The standard InChI is InChI=1S/C17H25N5O2/c1-11-14(12(2)21-20-11)8-22(3)17-7-15(13-5-6-24-9-13)18-16(19-17)10-23-4/h7,13H,5-6,8-10H2,1-4H3,(H,20,21). The lowest BCUT2D eigenvalue weighted by atomic mass is 10.0. The average Bonchev–Trinajstić information content (AvgIpc) is 3.20. The predicted molar refractivity (Wildman–Crippen MR) is 91.1 cm³/mol. The van der Waals surface area contributed by atoms with E-state index in [1.54, 1.807) is 7.11 Å². The molecule has 0 saturated carbocycles. The molecule has 3 heterocycles. The lowest BCUT2D eigenvalue weighted by molar-refractivity contribution is 0.177. The van der Waals surface area contributed by atoms with Crippen molar-refractivity contribution in [1.82, 2.24) is 20.2 Å². The molecule has 0 amide bonds. The molecule has 7 heteroatoms. The summed E-state index contributed by atoms with van der Waals surface area (Å²) in [5.41, 5.74) is 4.36. The molecule has 0 radical (unpaired) electrons. The molecule has 1 unspecified atom stereocenters. The van der Waals surface area contributed by atoms with Crippen LogP contribution < -0.4 is 4.90 Å². The van der Waals surface area contributed by atoms with Crippen LogP contribution in [0.25, 0.3) is 0 Å². The molecule has 130 valence electrons. The maximum absolute atomic E-state index is 5.51. The molecule has 0 aliphatic carbocycles. The van der Waals surface area contributed by atoms with E-state index in [0.29, 0.717) is 18.3 Å². The first-order valence-corrected chi connectivity index (χ1v) is 8.24. The van der Waals surface area contributed by atoms with Gasteiger partial charge in [-0.1, -0.05) is 0 Å². The van der Waals surface area contributed by atoms with Crippen molar-refractivity contribution in [3.05, 3.63) is 34.5 Å². The van der Waals surface area contributed by atoms with Crippen LogP contribution in [0.4, 0.5) is 5.82 Å². The number of nitrogens with zero attached hydrogens (tertiary/aromatic N) is 4. The highest BCUT2D eigenvalue weighted by Crippen LogP contribution is 2.27. The van der Waals surface area contributed by atoms with Gasteiger partial charge in [0.05, 0.1) is 18.0 Å². The Kier molecular flexibility index (Phi) is 5.11. The van der Waals surface area contributed by atoms with Crippen LogP contribution in [0.3, 0.4) is 0 Å². The second-order valence-corrected chi connectivity index (χ2v) is 6.33. The van der Waals surface area contributed by atoms with Gasteiger partial charge in [-0.2, -0.15) is 5.10 Å². The Morgan fingerprint density at radius 3 is 2.83 bits per heavy atom. The summed E-state index contributed by atoms with van der Waals surface area (Å²) in [7, 11) is 3.70. The van der Waals surface area contributed by atoms with Crippen LogP contribution in [0, 0.1) is 13.8 Å². The zero-order valence-corrected chi connectivity index (χ0v) is 14.8. The fraction of sp³-hybridized carbons (Fsp3) is 0.588. The van der Waals surface area contributed by atoms with Gasteiger partial charge in [0.1, 0.15) is 12.4 Å². The molecule has 1 atom stereocenters. The molecule has 1 fully saturated rings. The number of H-pyrrole nitrogens is 1. The average molecular weight is 331 g/mol. The number of rotatable bonds is 6. The molecule has 1 aliphatic rings. The van der Waals surface area contributed by atoms with Crippen molar-refractivity contribution < 1.29 is 9.47 Å². The highest BCUT2D eigenvalue weighted by molar-refractivity contribution is 5.42. The molecule has 1 saturated heterocycles. The monoisotopic (exact) mass is 331 g/mol. The first-order chi connectivity index (χ1) is 11.6. The number of hydrogen-bond donors (Lipinski definition) is 1. The number of aromatic amines is 1. The second kappa shape index (κ2) is 7.27. The topological polar surface area (TPSA) is 76.2 Å². The number of aryl methyl sites for hydroxylation is 2. The predicted octanol–water partition coefficient (Wildman–Crippen LogP) is 2.10. The summed E-state index contributed by atoms with van der Waals surface area (Å²) in [6.45, 7) is 6.74. The van der Waals surface area contributed by atoms with Crippen LogP contribution in [-0.4, -0.2) is 47.5 Å². The minimum atomic E-state index is 0.341. The van der Waals surface area contributed by atoms with E-state index in [4.69, 9.17) is 9.47 Å². The third-order valence-corrected chi connectivity index (χ3v) is 4.47. The van der Waals surface area contributed by atoms with Crippen molar-refractivity contribution in [2.75, 3.05) is 32.3 Å². The van der Waals surface area contributed by atoms with E-state index in [1.807, 2.05) is 20.9 Å². The van der Waals surface area contributed by atoms with E-state index in [0.717, 1.165) is 49.1 Å². The summed E-state index contributed by atoms with van der Waals surface area (Å²) in [6.07, 6.45) is 1.01. The van der Waals surface area contributed by atoms with Crippen molar-refractivity contribution in [3.63, 3.8) is 0 Å². The summed E-state index contributed by atoms with van der Waals surface area (Å²) >= 11 is 0. The molecule has 1 aliphatic heterocycles. The third-order valence-electron chi connectivity index (χ3n) is 4.47. The third kappa shape index (κ3) is 3.57. The molecule has 2 aromatic heterocycles. The Hall–Kier alpha value is -1.99. The minimum Gasteiger partial charge on any atom is -0.381 e. The number of methoxy groups -OCH3 is 1. The maximum Gasteiger partial charge on any atom is 0.156 e. The van der Waals surface area contributed by atoms with Gasteiger partial charge in [-0.05, 0) is 20.3 Å². The van der Waals surface area contributed by atoms with E-state index >= 15 is 0 Å². The van der Waals surface area contributed by atoms with Crippen LogP contribution in [0.5, 0.6) is 0 Å². The van der Waals surface area contributed by atoms with Gasteiger partial charge in [-0.15, -0.1) is 0 Å². The Labute approximate surface area is 142 Å². The van der Waals surface area contributed by atoms with Crippen molar-refractivity contribution in [1.29, 1.82) is 0 Å². The molecular weight excluding hydrogens is 306 g/mol. The van der Waals surface area contributed by atoms with Gasteiger partial charge >= 0.3 is 0 Å². The van der Waals surface area contributed by atoms with Gasteiger partial charge in [0.2, 0.25) is 0 Å². The Bertz CT molecular complexity index is 675. The highest BCUT2D eigenvalue weighted by Gasteiger charge is 2.22. The SMILES string of the molecule is COCc1nc(C2CCOC2)cc(N(C)Cc2c(C)n[nH]c2C)n1. The quantitative estimate of drug-likeness (QED) is 0.873. The van der Waals surface area contributed by atoms with Gasteiger partial charge in [-0.3, -0.25) is 5.10 Å². The van der Waals surface area contributed by atoms with Crippen LogP contribution in [0.2, 0.25) is 0 Å². The molecule has 2 aromatic rings. The molecule has 0 bridgehead atoms. The lowest BCUT2D eigenvalue weighted by Gasteiger charge is -2.21. The molecule has 24 heavy (non-hydrogen) atoms. The Morgan fingerprint density at radius 1 is 1.38 bits per heavy atom. The van der Waals surface area contributed by atoms with E-state index in [2.05, 4.69) is 31.1 Å². The number of anilines is 1. The fourth-order valence-electron chi connectivity index (χ4n) is 2.99. The molecule has 1 N–H and O–H groups in total. The number of nitrogens with one attached hydrogen (secondary N) is 1. The van der Waals surface area contributed by atoms with Gasteiger partial charge in [-0.25, -0.2) is 9.97 Å². The summed E-state index contributed by atoms with van der Waals surface area (Å²) in [4.78, 5) is 11.4. The number of hydrogen-bond acceptors (Lipinski definition) is 6. The van der Waals surface area contributed by atoms with Gasteiger partial charge in [0.15, 0.2) is 5.82 Å². The number of ether oxygens (including phenoxy) is 2. The van der Waals surface area contributed by atoms with E-state index in [-0.39, 0.29) is 0 Å². The molecule has 0 spiro atoms. The van der Waals surface area contributed by atoms with E-state index in [1.165, 1.54) is 5.56 Å². The van der Waals surface area contributed by atoms with Crippen molar-refractivity contribution in [2.24, 2.45) is 0 Å². The van der Waals surface area contributed by atoms with Crippen LogP contribution >= 0.6 is 0 Å². The molecular formula is C17H25N5O2. The molecule has 3 rings (SSSR count). The maximum atomic E-state index is 5.51. The largest absolute Gasteiger partial charge is 0.381 e. The Balaban J connectivity index is 1.87. The van der Waals surface area contributed by atoms with Crippen LogP contribution in [0.15, 0.2) is 6.07 Å². The van der Waals surface area contributed by atoms with E-state index < -0.39 is 0 Å². The molecule has 7 nitrogen and oxygen atoms in total. The first kappa shape index (κ1) is 16.9. The number of aromatic nitrogens is 4.